The van der Waals surface area contributed by atoms with E-state index in [1.807, 2.05) is 13.0 Å². The van der Waals surface area contributed by atoms with Crippen LogP contribution in [0.3, 0.4) is 0 Å². The van der Waals surface area contributed by atoms with E-state index in [-0.39, 0.29) is 0 Å². The fraction of sp³-hybridized carbons (Fsp3) is 0.562. The van der Waals surface area contributed by atoms with Crippen LogP contribution in [0.5, 0.6) is 0 Å². The van der Waals surface area contributed by atoms with E-state index in [1.165, 1.54) is 25.7 Å². The maximum absolute atomic E-state index is 10.9. The molecule has 1 aromatic rings. The van der Waals surface area contributed by atoms with Crippen molar-refractivity contribution in [1.82, 2.24) is 0 Å². The van der Waals surface area contributed by atoms with E-state index in [9.17, 15) is 4.79 Å². The number of aryl methyl sites for hydroxylation is 1. The molecule has 0 radical (unpaired) electrons. The lowest BCUT2D eigenvalue weighted by atomic mass is 9.89. The number of hydrogen-bond donors (Lipinski definition) is 2. The largest absolute Gasteiger partial charge is 0.478 e. The monoisotopic (exact) mass is 259 g/mol. The first-order valence-corrected chi connectivity index (χ1v) is 7.21. The van der Waals surface area contributed by atoms with Crippen LogP contribution in [0.1, 0.15) is 41.6 Å². The molecule has 0 aromatic heterocycles. The third kappa shape index (κ3) is 2.46. The molecule has 0 aliphatic heterocycles. The molecule has 2 saturated carbocycles. The fourth-order valence-electron chi connectivity index (χ4n) is 3.86. The van der Waals surface area contributed by atoms with Crippen LogP contribution in [0.25, 0.3) is 0 Å². The second kappa shape index (κ2) is 4.87. The van der Waals surface area contributed by atoms with Gasteiger partial charge < -0.3 is 10.4 Å². The Kier molecular flexibility index (Phi) is 3.21. The number of rotatable bonds is 4. The quantitative estimate of drug-likeness (QED) is 0.869. The lowest BCUT2D eigenvalue weighted by Gasteiger charge is -2.23. The highest BCUT2D eigenvalue weighted by Crippen LogP contribution is 2.48. The van der Waals surface area contributed by atoms with Gasteiger partial charge in [-0.2, -0.15) is 0 Å². The summed E-state index contributed by atoms with van der Waals surface area (Å²) in [6.07, 6.45) is 5.66. The van der Waals surface area contributed by atoms with Gasteiger partial charge in [0.15, 0.2) is 0 Å². The van der Waals surface area contributed by atoms with Gasteiger partial charge in [-0.3, -0.25) is 0 Å². The van der Waals surface area contributed by atoms with Gasteiger partial charge in [0.1, 0.15) is 0 Å². The predicted molar refractivity (Wildman–Crippen MR) is 75.6 cm³/mol. The van der Waals surface area contributed by atoms with E-state index in [0.29, 0.717) is 5.56 Å². The Morgan fingerprint density at radius 2 is 2.21 bits per heavy atom. The second-order valence-electron chi connectivity index (χ2n) is 6.15. The van der Waals surface area contributed by atoms with Gasteiger partial charge in [-0.1, -0.05) is 6.42 Å². The molecule has 3 rings (SSSR count). The molecule has 2 fully saturated rings. The number of anilines is 1. The van der Waals surface area contributed by atoms with Gasteiger partial charge in [0.05, 0.1) is 5.56 Å². The molecular formula is C16H21NO2. The Hall–Kier alpha value is -1.51. The van der Waals surface area contributed by atoms with Crippen molar-refractivity contribution < 1.29 is 9.90 Å². The number of carbonyl (C=O) groups is 1. The van der Waals surface area contributed by atoms with E-state index < -0.39 is 5.97 Å². The van der Waals surface area contributed by atoms with E-state index in [1.54, 1.807) is 12.1 Å². The molecule has 3 atom stereocenters. The molecule has 0 saturated heterocycles. The van der Waals surface area contributed by atoms with Gasteiger partial charge in [0, 0.05) is 12.2 Å². The summed E-state index contributed by atoms with van der Waals surface area (Å²) in [6.45, 7) is 3.00. The zero-order chi connectivity index (χ0) is 13.4. The standard InChI is InChI=1S/C16H21NO2/c1-10-6-13(16(18)19)4-5-15(10)17-9-14-8-11-2-3-12(14)7-11/h4-6,11-12,14,17H,2-3,7-9H2,1H3,(H,18,19). The van der Waals surface area contributed by atoms with Crippen molar-refractivity contribution in [1.29, 1.82) is 0 Å². The lowest BCUT2D eigenvalue weighted by Crippen LogP contribution is -2.20. The highest BCUT2D eigenvalue weighted by Gasteiger charge is 2.39. The van der Waals surface area contributed by atoms with Gasteiger partial charge >= 0.3 is 5.97 Å². The van der Waals surface area contributed by atoms with Crippen molar-refractivity contribution in [3.8, 4) is 0 Å². The van der Waals surface area contributed by atoms with E-state index >= 15 is 0 Å². The van der Waals surface area contributed by atoms with Gasteiger partial charge in [-0.15, -0.1) is 0 Å². The third-order valence-electron chi connectivity index (χ3n) is 4.91. The normalized spacial score (nSPS) is 28.6. The maximum atomic E-state index is 10.9. The number of benzene rings is 1. The van der Waals surface area contributed by atoms with Crippen molar-refractivity contribution >= 4 is 11.7 Å². The molecule has 0 spiro atoms. The summed E-state index contributed by atoms with van der Waals surface area (Å²) in [6, 6.07) is 5.32. The van der Waals surface area contributed by atoms with Crippen LogP contribution in [0.15, 0.2) is 18.2 Å². The average Bonchev–Trinajstić information content (AvgIpc) is 2.99. The number of carboxylic acids is 1. The molecule has 0 heterocycles. The zero-order valence-electron chi connectivity index (χ0n) is 11.4. The average molecular weight is 259 g/mol. The maximum Gasteiger partial charge on any atom is 0.335 e. The Morgan fingerprint density at radius 1 is 1.37 bits per heavy atom. The molecule has 3 unspecified atom stereocenters. The number of nitrogens with one attached hydrogen (secondary N) is 1. The Morgan fingerprint density at radius 3 is 2.79 bits per heavy atom. The highest BCUT2D eigenvalue weighted by molar-refractivity contribution is 5.88. The van der Waals surface area contributed by atoms with Gasteiger partial charge in [-0.25, -0.2) is 4.79 Å². The zero-order valence-corrected chi connectivity index (χ0v) is 11.4. The minimum absolute atomic E-state index is 0.364. The molecule has 3 heteroatoms. The Bertz CT molecular complexity index is 498. The minimum atomic E-state index is -0.859. The van der Waals surface area contributed by atoms with Crippen LogP contribution in [0, 0.1) is 24.7 Å². The van der Waals surface area contributed by atoms with Crippen molar-refractivity contribution in [2.75, 3.05) is 11.9 Å². The van der Waals surface area contributed by atoms with Crippen molar-refractivity contribution in [2.24, 2.45) is 17.8 Å². The first-order chi connectivity index (χ1) is 9.13. The van der Waals surface area contributed by atoms with E-state index in [4.69, 9.17) is 5.11 Å². The van der Waals surface area contributed by atoms with Gasteiger partial charge in [0.2, 0.25) is 0 Å². The summed E-state index contributed by atoms with van der Waals surface area (Å²) < 4.78 is 0. The third-order valence-corrected chi connectivity index (χ3v) is 4.91. The first-order valence-electron chi connectivity index (χ1n) is 7.21. The summed E-state index contributed by atoms with van der Waals surface area (Å²) in [5, 5.41) is 12.5. The predicted octanol–water partition coefficient (Wildman–Crippen LogP) is 3.54. The molecular weight excluding hydrogens is 238 g/mol. The van der Waals surface area contributed by atoms with Crippen LogP contribution in [0.4, 0.5) is 5.69 Å². The molecule has 3 nitrogen and oxygen atoms in total. The summed E-state index contributed by atoms with van der Waals surface area (Å²) >= 11 is 0. The summed E-state index contributed by atoms with van der Waals surface area (Å²) in [5.74, 6) is 1.86. The second-order valence-corrected chi connectivity index (χ2v) is 6.15. The van der Waals surface area contributed by atoms with Crippen LogP contribution in [0.2, 0.25) is 0 Å². The molecule has 102 valence electrons. The molecule has 2 aliphatic carbocycles. The Labute approximate surface area is 114 Å². The molecule has 2 bridgehead atoms. The molecule has 1 aromatic carbocycles. The van der Waals surface area contributed by atoms with Crippen molar-refractivity contribution in [3.63, 3.8) is 0 Å². The number of aromatic carboxylic acids is 1. The number of hydrogen-bond acceptors (Lipinski definition) is 2. The Balaban J connectivity index is 1.62. The van der Waals surface area contributed by atoms with Gasteiger partial charge in [0.25, 0.3) is 0 Å². The van der Waals surface area contributed by atoms with E-state index in [2.05, 4.69) is 5.32 Å². The smallest absolute Gasteiger partial charge is 0.335 e. The fourth-order valence-corrected chi connectivity index (χ4v) is 3.86. The van der Waals surface area contributed by atoms with Crippen LogP contribution < -0.4 is 5.32 Å². The number of carboxylic acid groups (broad SMARTS) is 1. The summed E-state index contributed by atoms with van der Waals surface area (Å²) in [7, 11) is 0. The molecule has 2 aliphatic rings. The summed E-state index contributed by atoms with van der Waals surface area (Å²) in [4.78, 5) is 10.9. The first kappa shape index (κ1) is 12.5. The molecule has 0 amide bonds. The minimum Gasteiger partial charge on any atom is -0.478 e. The van der Waals surface area contributed by atoms with Crippen molar-refractivity contribution in [3.05, 3.63) is 29.3 Å². The molecule has 19 heavy (non-hydrogen) atoms. The van der Waals surface area contributed by atoms with Crippen LogP contribution >= 0.6 is 0 Å². The van der Waals surface area contributed by atoms with Gasteiger partial charge in [-0.05, 0) is 67.7 Å². The van der Waals surface area contributed by atoms with Crippen LogP contribution in [-0.2, 0) is 0 Å². The highest BCUT2D eigenvalue weighted by atomic mass is 16.4. The number of fused-ring (bicyclic) bond motifs is 2. The lowest BCUT2D eigenvalue weighted by molar-refractivity contribution is 0.0697. The SMILES string of the molecule is Cc1cc(C(=O)O)ccc1NCC1CC2CCC1C2. The molecule has 2 N–H and O–H groups in total. The van der Waals surface area contributed by atoms with Crippen molar-refractivity contribution in [2.45, 2.75) is 32.6 Å². The van der Waals surface area contributed by atoms with Crippen LogP contribution in [-0.4, -0.2) is 17.6 Å². The summed E-state index contributed by atoms with van der Waals surface area (Å²) in [5.41, 5.74) is 2.46. The topological polar surface area (TPSA) is 49.3 Å². The van der Waals surface area contributed by atoms with E-state index in [0.717, 1.165) is 35.5 Å².